The lowest BCUT2D eigenvalue weighted by Gasteiger charge is -2.20. The molecule has 2 aromatic rings. The predicted molar refractivity (Wildman–Crippen MR) is 79.3 cm³/mol. The Morgan fingerprint density at radius 2 is 2.05 bits per heavy atom. The summed E-state index contributed by atoms with van der Waals surface area (Å²) in [6.45, 7) is 1.95. The van der Waals surface area contributed by atoms with E-state index < -0.39 is 6.04 Å². The normalized spacial score (nSPS) is 16.5. The second-order valence-electron chi connectivity index (χ2n) is 5.00. The third-order valence-corrected chi connectivity index (χ3v) is 3.66. The van der Waals surface area contributed by atoms with Gasteiger partial charge in [0, 0.05) is 22.9 Å². The zero-order valence-electron chi connectivity index (χ0n) is 11.8. The molecule has 0 spiro atoms. The number of rotatable bonds is 2. The van der Waals surface area contributed by atoms with Crippen LogP contribution in [0.25, 0.3) is 0 Å². The number of carbonyl (C=O) groups is 1. The highest BCUT2D eigenvalue weighted by molar-refractivity contribution is 6.11. The predicted octanol–water partition coefficient (Wildman–Crippen LogP) is 3.23. The number of aryl methyl sites for hydroxylation is 1. The largest absolute Gasteiger partial charge is 0.497 e. The van der Waals surface area contributed by atoms with Crippen LogP contribution >= 0.6 is 0 Å². The zero-order chi connectivity index (χ0) is 15.0. The van der Waals surface area contributed by atoms with E-state index in [1.54, 1.807) is 19.2 Å². The Hall–Kier alpha value is -2.80. The van der Waals surface area contributed by atoms with Gasteiger partial charge in [0.25, 0.3) is 5.91 Å². The van der Waals surface area contributed by atoms with Crippen LogP contribution in [0.2, 0.25) is 0 Å². The molecule has 0 saturated carbocycles. The van der Waals surface area contributed by atoms with Crippen molar-refractivity contribution in [3.8, 4) is 11.8 Å². The maximum atomic E-state index is 12.6. The fourth-order valence-corrected chi connectivity index (χ4v) is 2.64. The van der Waals surface area contributed by atoms with E-state index in [4.69, 9.17) is 4.74 Å². The van der Waals surface area contributed by atoms with Crippen molar-refractivity contribution in [1.82, 2.24) is 0 Å². The van der Waals surface area contributed by atoms with E-state index in [9.17, 15) is 10.1 Å². The van der Waals surface area contributed by atoms with Gasteiger partial charge in [-0.25, -0.2) is 0 Å². The summed E-state index contributed by atoms with van der Waals surface area (Å²) < 4.78 is 5.19. The molecule has 1 unspecified atom stereocenters. The number of amides is 1. The Morgan fingerprint density at radius 3 is 2.76 bits per heavy atom. The number of nitrogens with zero attached hydrogens (tertiary/aromatic N) is 2. The molecule has 4 nitrogen and oxygen atoms in total. The van der Waals surface area contributed by atoms with Gasteiger partial charge in [-0.1, -0.05) is 23.8 Å². The summed E-state index contributed by atoms with van der Waals surface area (Å²) >= 11 is 0. The van der Waals surface area contributed by atoms with Gasteiger partial charge < -0.3 is 4.74 Å². The topological polar surface area (TPSA) is 53.3 Å². The molecule has 0 saturated heterocycles. The Kier molecular flexibility index (Phi) is 3.11. The molecule has 1 atom stereocenters. The first-order chi connectivity index (χ1) is 10.2. The third kappa shape index (κ3) is 2.03. The molecule has 3 rings (SSSR count). The van der Waals surface area contributed by atoms with Crippen molar-refractivity contribution < 1.29 is 9.53 Å². The van der Waals surface area contributed by atoms with Crippen molar-refractivity contribution in [2.45, 2.75) is 13.0 Å². The molecular weight excluding hydrogens is 264 g/mol. The number of benzene rings is 2. The van der Waals surface area contributed by atoms with Gasteiger partial charge in [-0.15, -0.1) is 0 Å². The monoisotopic (exact) mass is 278 g/mol. The molecule has 4 heteroatoms. The second kappa shape index (κ2) is 4.95. The van der Waals surface area contributed by atoms with E-state index in [2.05, 4.69) is 6.07 Å². The third-order valence-electron chi connectivity index (χ3n) is 3.66. The van der Waals surface area contributed by atoms with E-state index >= 15 is 0 Å². The van der Waals surface area contributed by atoms with E-state index in [-0.39, 0.29) is 5.91 Å². The number of ether oxygens (including phenoxy) is 1. The van der Waals surface area contributed by atoms with Crippen LogP contribution in [0.15, 0.2) is 42.5 Å². The van der Waals surface area contributed by atoms with E-state index in [0.29, 0.717) is 17.0 Å². The summed E-state index contributed by atoms with van der Waals surface area (Å²) in [5, 5.41) is 9.50. The number of anilines is 1. The number of hydrogen-bond donors (Lipinski definition) is 0. The molecule has 1 amide bonds. The molecule has 21 heavy (non-hydrogen) atoms. The first-order valence-corrected chi connectivity index (χ1v) is 6.63. The van der Waals surface area contributed by atoms with Gasteiger partial charge in [0.05, 0.1) is 13.2 Å². The average molecular weight is 278 g/mol. The Labute approximate surface area is 123 Å². The Morgan fingerprint density at radius 1 is 1.24 bits per heavy atom. The van der Waals surface area contributed by atoms with Crippen molar-refractivity contribution in [1.29, 1.82) is 5.26 Å². The molecule has 104 valence electrons. The SMILES string of the molecule is COc1cccc(N2C(=O)c3ccc(C)cc3C2C#N)c1. The van der Waals surface area contributed by atoms with Gasteiger partial charge in [0.1, 0.15) is 5.75 Å². The minimum atomic E-state index is -0.598. The van der Waals surface area contributed by atoms with Crippen LogP contribution in [-0.4, -0.2) is 13.0 Å². The zero-order valence-corrected chi connectivity index (χ0v) is 11.8. The fraction of sp³-hybridized carbons (Fsp3) is 0.176. The molecule has 0 bridgehead atoms. The maximum Gasteiger partial charge on any atom is 0.260 e. The van der Waals surface area contributed by atoms with Crippen LogP contribution in [0.3, 0.4) is 0 Å². The summed E-state index contributed by atoms with van der Waals surface area (Å²) in [6, 6.07) is 14.4. The lowest BCUT2D eigenvalue weighted by Crippen LogP contribution is -2.26. The second-order valence-corrected chi connectivity index (χ2v) is 5.00. The summed E-state index contributed by atoms with van der Waals surface area (Å²) in [6.07, 6.45) is 0. The van der Waals surface area contributed by atoms with Crippen LogP contribution < -0.4 is 9.64 Å². The number of methoxy groups -OCH3 is 1. The summed E-state index contributed by atoms with van der Waals surface area (Å²) in [5.41, 5.74) is 3.06. The van der Waals surface area contributed by atoms with Gasteiger partial charge in [0.15, 0.2) is 6.04 Å². The standard InChI is InChI=1S/C17H14N2O2/c1-11-6-7-14-15(8-11)16(10-18)19(17(14)20)12-4-3-5-13(9-12)21-2/h3-9,16H,1-2H3. The Bertz CT molecular complexity index is 762. The highest BCUT2D eigenvalue weighted by atomic mass is 16.5. The first kappa shape index (κ1) is 13.2. The number of hydrogen-bond acceptors (Lipinski definition) is 3. The molecule has 0 fully saturated rings. The maximum absolute atomic E-state index is 12.6. The average Bonchev–Trinajstić information content (AvgIpc) is 2.79. The number of carbonyl (C=O) groups excluding carboxylic acids is 1. The van der Waals surface area contributed by atoms with Gasteiger partial charge in [-0.05, 0) is 25.1 Å². The lowest BCUT2D eigenvalue weighted by molar-refractivity contribution is 0.0994. The minimum Gasteiger partial charge on any atom is -0.497 e. The van der Waals surface area contributed by atoms with Crippen molar-refractivity contribution in [2.75, 3.05) is 12.0 Å². The molecule has 2 aromatic carbocycles. The first-order valence-electron chi connectivity index (χ1n) is 6.63. The van der Waals surface area contributed by atoms with E-state index in [1.807, 2.05) is 37.3 Å². The summed E-state index contributed by atoms with van der Waals surface area (Å²) in [7, 11) is 1.57. The van der Waals surface area contributed by atoms with E-state index in [0.717, 1.165) is 11.1 Å². The number of fused-ring (bicyclic) bond motifs is 1. The molecule has 1 heterocycles. The summed E-state index contributed by atoms with van der Waals surface area (Å²) in [5.74, 6) is 0.508. The molecule has 1 aliphatic heterocycles. The molecule has 1 aliphatic rings. The number of nitriles is 1. The van der Waals surface area contributed by atoms with Gasteiger partial charge in [-0.3, -0.25) is 9.69 Å². The van der Waals surface area contributed by atoms with Crippen LogP contribution in [-0.2, 0) is 0 Å². The van der Waals surface area contributed by atoms with Gasteiger partial charge in [0.2, 0.25) is 0 Å². The van der Waals surface area contributed by atoms with Gasteiger partial charge in [-0.2, -0.15) is 5.26 Å². The van der Waals surface area contributed by atoms with Crippen molar-refractivity contribution >= 4 is 11.6 Å². The molecule has 0 radical (unpaired) electrons. The summed E-state index contributed by atoms with van der Waals surface area (Å²) in [4.78, 5) is 14.1. The fourth-order valence-electron chi connectivity index (χ4n) is 2.64. The van der Waals surface area contributed by atoms with Crippen LogP contribution in [0.4, 0.5) is 5.69 Å². The van der Waals surface area contributed by atoms with Crippen LogP contribution in [0.5, 0.6) is 5.75 Å². The van der Waals surface area contributed by atoms with Crippen molar-refractivity contribution in [2.24, 2.45) is 0 Å². The smallest absolute Gasteiger partial charge is 0.260 e. The van der Waals surface area contributed by atoms with Crippen LogP contribution in [0, 0.1) is 18.3 Å². The lowest BCUT2D eigenvalue weighted by atomic mass is 10.0. The highest BCUT2D eigenvalue weighted by Gasteiger charge is 2.37. The molecule has 0 aromatic heterocycles. The molecule has 0 aliphatic carbocycles. The van der Waals surface area contributed by atoms with Crippen LogP contribution in [0.1, 0.15) is 27.5 Å². The van der Waals surface area contributed by atoms with Gasteiger partial charge >= 0.3 is 0 Å². The minimum absolute atomic E-state index is 0.148. The molecular formula is C17H14N2O2. The quantitative estimate of drug-likeness (QED) is 0.847. The van der Waals surface area contributed by atoms with Crippen molar-refractivity contribution in [3.05, 3.63) is 59.2 Å². The highest BCUT2D eigenvalue weighted by Crippen LogP contribution is 2.38. The molecule has 0 N–H and O–H groups in total. The Balaban J connectivity index is 2.12. The van der Waals surface area contributed by atoms with Crippen molar-refractivity contribution in [3.63, 3.8) is 0 Å². The van der Waals surface area contributed by atoms with E-state index in [1.165, 1.54) is 4.90 Å².